The summed E-state index contributed by atoms with van der Waals surface area (Å²) in [6, 6.07) is 8.29. The van der Waals surface area contributed by atoms with E-state index in [-0.39, 0.29) is 0 Å². The smallest absolute Gasteiger partial charge is 0.126 e. The van der Waals surface area contributed by atoms with E-state index in [9.17, 15) is 0 Å². The maximum absolute atomic E-state index is 4.55. The van der Waals surface area contributed by atoms with Gasteiger partial charge in [0.25, 0.3) is 0 Å². The zero-order chi connectivity index (χ0) is 10.8. The van der Waals surface area contributed by atoms with Gasteiger partial charge in [-0.15, -0.1) is 0 Å². The molecule has 2 nitrogen and oxygen atoms in total. The molecule has 0 saturated carbocycles. The van der Waals surface area contributed by atoms with Gasteiger partial charge < -0.3 is 5.32 Å². The molecule has 0 aliphatic heterocycles. The van der Waals surface area contributed by atoms with E-state index in [4.69, 9.17) is 0 Å². The lowest BCUT2D eigenvalue weighted by Gasteiger charge is -2.06. The van der Waals surface area contributed by atoms with Gasteiger partial charge in [-0.05, 0) is 43.7 Å². The van der Waals surface area contributed by atoms with Gasteiger partial charge in [-0.3, -0.25) is 0 Å². The molecule has 0 unspecified atom stereocenters. The van der Waals surface area contributed by atoms with Gasteiger partial charge in [0.1, 0.15) is 5.82 Å². The number of hydrogen-bond donors (Lipinski definition) is 1. The number of pyridine rings is 1. The summed E-state index contributed by atoms with van der Waals surface area (Å²) in [6.45, 7) is 5.06. The standard InChI is InChI=1S/C12H13BrN2/c1-3-14-12-5-4-10-8(2)6-9(13)7-11(10)15-12/h4-7H,3H2,1-2H3,(H,14,15). The quantitative estimate of drug-likeness (QED) is 0.894. The van der Waals surface area contributed by atoms with Crippen molar-refractivity contribution in [2.75, 3.05) is 11.9 Å². The Kier molecular flexibility index (Phi) is 2.91. The average Bonchev–Trinajstić information content (AvgIpc) is 2.17. The molecule has 0 amide bonds. The van der Waals surface area contributed by atoms with Crippen LogP contribution in [0.3, 0.4) is 0 Å². The molecule has 0 spiro atoms. The Morgan fingerprint density at radius 3 is 2.87 bits per heavy atom. The molecule has 3 heteroatoms. The summed E-state index contributed by atoms with van der Waals surface area (Å²) < 4.78 is 1.08. The van der Waals surface area contributed by atoms with Gasteiger partial charge >= 0.3 is 0 Å². The van der Waals surface area contributed by atoms with Crippen molar-refractivity contribution < 1.29 is 0 Å². The van der Waals surface area contributed by atoms with Crippen LogP contribution in [0, 0.1) is 6.92 Å². The van der Waals surface area contributed by atoms with E-state index in [1.807, 2.05) is 12.1 Å². The van der Waals surface area contributed by atoms with Crippen LogP contribution in [0.2, 0.25) is 0 Å². The number of anilines is 1. The van der Waals surface area contributed by atoms with Crippen molar-refractivity contribution >= 4 is 32.7 Å². The number of hydrogen-bond acceptors (Lipinski definition) is 2. The summed E-state index contributed by atoms with van der Waals surface area (Å²) in [5.74, 6) is 0.933. The van der Waals surface area contributed by atoms with Crippen LogP contribution in [0.4, 0.5) is 5.82 Å². The normalized spacial score (nSPS) is 10.6. The summed E-state index contributed by atoms with van der Waals surface area (Å²) in [5, 5.41) is 4.42. The second-order valence-electron chi connectivity index (χ2n) is 3.52. The van der Waals surface area contributed by atoms with E-state index >= 15 is 0 Å². The maximum Gasteiger partial charge on any atom is 0.126 e. The Morgan fingerprint density at radius 1 is 1.33 bits per heavy atom. The fourth-order valence-corrected chi connectivity index (χ4v) is 2.22. The number of fused-ring (bicyclic) bond motifs is 1. The lowest BCUT2D eigenvalue weighted by molar-refractivity contribution is 1.17. The lowest BCUT2D eigenvalue weighted by Crippen LogP contribution is -1.99. The van der Waals surface area contributed by atoms with Crippen molar-refractivity contribution in [3.05, 3.63) is 34.3 Å². The lowest BCUT2D eigenvalue weighted by atomic mass is 10.1. The van der Waals surface area contributed by atoms with Crippen LogP contribution in [0.15, 0.2) is 28.7 Å². The Bertz CT molecular complexity index is 494. The second kappa shape index (κ2) is 4.19. The van der Waals surface area contributed by atoms with Crippen molar-refractivity contribution in [1.29, 1.82) is 0 Å². The minimum atomic E-state index is 0.894. The number of nitrogens with zero attached hydrogens (tertiary/aromatic N) is 1. The first kappa shape index (κ1) is 10.4. The zero-order valence-electron chi connectivity index (χ0n) is 8.84. The topological polar surface area (TPSA) is 24.9 Å². The van der Waals surface area contributed by atoms with Crippen LogP contribution in [0.5, 0.6) is 0 Å². The molecule has 78 valence electrons. The molecule has 1 heterocycles. The second-order valence-corrected chi connectivity index (χ2v) is 4.43. The van der Waals surface area contributed by atoms with Crippen molar-refractivity contribution in [1.82, 2.24) is 4.98 Å². The summed E-state index contributed by atoms with van der Waals surface area (Å²) in [6.07, 6.45) is 0. The van der Waals surface area contributed by atoms with E-state index in [2.05, 4.69) is 52.2 Å². The average molecular weight is 265 g/mol. The zero-order valence-corrected chi connectivity index (χ0v) is 10.4. The number of benzene rings is 1. The third kappa shape index (κ3) is 2.12. The third-order valence-electron chi connectivity index (χ3n) is 2.34. The first-order chi connectivity index (χ1) is 7.20. The molecule has 2 rings (SSSR count). The van der Waals surface area contributed by atoms with Gasteiger partial charge in [0.15, 0.2) is 0 Å². The predicted octanol–water partition coefficient (Wildman–Crippen LogP) is 3.74. The highest BCUT2D eigenvalue weighted by Gasteiger charge is 2.01. The maximum atomic E-state index is 4.55. The van der Waals surface area contributed by atoms with E-state index in [1.165, 1.54) is 10.9 Å². The van der Waals surface area contributed by atoms with E-state index in [0.717, 1.165) is 22.4 Å². The molecule has 0 radical (unpaired) electrons. The first-order valence-corrected chi connectivity index (χ1v) is 5.81. The van der Waals surface area contributed by atoms with E-state index in [1.54, 1.807) is 0 Å². The molecule has 0 bridgehead atoms. The largest absolute Gasteiger partial charge is 0.370 e. The highest BCUT2D eigenvalue weighted by molar-refractivity contribution is 9.10. The third-order valence-corrected chi connectivity index (χ3v) is 2.79. The molecule has 1 N–H and O–H groups in total. The molecule has 1 aromatic carbocycles. The molecule has 0 aliphatic rings. The van der Waals surface area contributed by atoms with Gasteiger partial charge in [-0.25, -0.2) is 4.98 Å². The highest BCUT2D eigenvalue weighted by atomic mass is 79.9. The number of nitrogens with one attached hydrogen (secondary N) is 1. The minimum Gasteiger partial charge on any atom is -0.370 e. The molecule has 1 aromatic heterocycles. The molecule has 2 aromatic rings. The Labute approximate surface area is 97.8 Å². The van der Waals surface area contributed by atoms with Gasteiger partial charge in [0, 0.05) is 16.4 Å². The van der Waals surface area contributed by atoms with Crippen molar-refractivity contribution in [2.45, 2.75) is 13.8 Å². The first-order valence-electron chi connectivity index (χ1n) is 5.01. The van der Waals surface area contributed by atoms with Gasteiger partial charge in [-0.1, -0.05) is 15.9 Å². The molecule has 0 atom stereocenters. The number of rotatable bonds is 2. The van der Waals surface area contributed by atoms with Gasteiger partial charge in [-0.2, -0.15) is 0 Å². The monoisotopic (exact) mass is 264 g/mol. The van der Waals surface area contributed by atoms with E-state index < -0.39 is 0 Å². The number of halogens is 1. The Morgan fingerprint density at radius 2 is 2.13 bits per heavy atom. The fraction of sp³-hybridized carbons (Fsp3) is 0.250. The van der Waals surface area contributed by atoms with Crippen LogP contribution >= 0.6 is 15.9 Å². The Hall–Kier alpha value is -1.09. The summed E-state index contributed by atoms with van der Waals surface area (Å²) in [4.78, 5) is 4.55. The number of aryl methyl sites for hydroxylation is 1. The fourth-order valence-electron chi connectivity index (χ4n) is 1.65. The Balaban J connectivity index is 2.60. The SMILES string of the molecule is CCNc1ccc2c(C)cc(Br)cc2n1. The van der Waals surface area contributed by atoms with E-state index in [0.29, 0.717) is 0 Å². The number of aromatic nitrogens is 1. The van der Waals surface area contributed by atoms with Crippen LogP contribution < -0.4 is 5.32 Å². The summed E-state index contributed by atoms with van der Waals surface area (Å²) >= 11 is 3.49. The molecular formula is C12H13BrN2. The summed E-state index contributed by atoms with van der Waals surface area (Å²) in [5.41, 5.74) is 2.27. The summed E-state index contributed by atoms with van der Waals surface area (Å²) in [7, 11) is 0. The van der Waals surface area contributed by atoms with Crippen LogP contribution in [0.25, 0.3) is 10.9 Å². The van der Waals surface area contributed by atoms with Crippen LogP contribution in [0.1, 0.15) is 12.5 Å². The minimum absolute atomic E-state index is 0.894. The highest BCUT2D eigenvalue weighted by Crippen LogP contribution is 2.23. The van der Waals surface area contributed by atoms with Crippen LogP contribution in [-0.4, -0.2) is 11.5 Å². The molecule has 0 aliphatic carbocycles. The van der Waals surface area contributed by atoms with Crippen molar-refractivity contribution in [3.8, 4) is 0 Å². The molecule has 15 heavy (non-hydrogen) atoms. The van der Waals surface area contributed by atoms with Crippen molar-refractivity contribution in [2.24, 2.45) is 0 Å². The molecule has 0 saturated heterocycles. The molecule has 0 fully saturated rings. The van der Waals surface area contributed by atoms with Gasteiger partial charge in [0.2, 0.25) is 0 Å². The van der Waals surface area contributed by atoms with Crippen molar-refractivity contribution in [3.63, 3.8) is 0 Å². The predicted molar refractivity (Wildman–Crippen MR) is 68.3 cm³/mol. The van der Waals surface area contributed by atoms with Gasteiger partial charge in [0.05, 0.1) is 5.52 Å². The molecular weight excluding hydrogens is 252 g/mol. The van der Waals surface area contributed by atoms with Crippen LogP contribution in [-0.2, 0) is 0 Å².